The lowest BCUT2D eigenvalue weighted by Gasteiger charge is -2.10. The van der Waals surface area contributed by atoms with Gasteiger partial charge in [-0.2, -0.15) is 0 Å². The third-order valence-corrected chi connectivity index (χ3v) is 3.06. The third-order valence-electron chi connectivity index (χ3n) is 3.06. The van der Waals surface area contributed by atoms with Crippen molar-refractivity contribution < 1.29 is 4.79 Å². The molecule has 2 rings (SSSR count). The minimum Gasteiger partial charge on any atom is -0.397 e. The molecule has 0 radical (unpaired) electrons. The van der Waals surface area contributed by atoms with E-state index in [1.807, 2.05) is 6.07 Å². The van der Waals surface area contributed by atoms with Crippen molar-refractivity contribution in [3.63, 3.8) is 0 Å². The van der Waals surface area contributed by atoms with E-state index in [1.165, 1.54) is 18.1 Å². The summed E-state index contributed by atoms with van der Waals surface area (Å²) in [7, 11) is 0. The van der Waals surface area contributed by atoms with Gasteiger partial charge in [0.15, 0.2) is 5.78 Å². The average molecular weight is 254 g/mol. The first-order chi connectivity index (χ1) is 9.06. The van der Waals surface area contributed by atoms with Gasteiger partial charge in [-0.15, -0.1) is 0 Å². The Labute approximate surface area is 113 Å². The highest BCUT2D eigenvalue weighted by Crippen LogP contribution is 2.21. The van der Waals surface area contributed by atoms with Gasteiger partial charge in [-0.05, 0) is 37.6 Å². The Morgan fingerprint density at radius 2 is 1.84 bits per heavy atom. The van der Waals surface area contributed by atoms with Crippen LogP contribution in [0.15, 0.2) is 42.5 Å². The monoisotopic (exact) mass is 254 g/mol. The first-order valence-corrected chi connectivity index (χ1v) is 6.26. The van der Waals surface area contributed by atoms with E-state index in [1.54, 1.807) is 12.1 Å². The molecule has 0 atom stereocenters. The summed E-state index contributed by atoms with van der Waals surface area (Å²) in [6.45, 7) is 4.31. The van der Waals surface area contributed by atoms with E-state index >= 15 is 0 Å². The lowest BCUT2D eigenvalue weighted by molar-refractivity contribution is 0.101. The van der Waals surface area contributed by atoms with E-state index < -0.39 is 0 Å². The number of carbonyl (C=O) groups is 1. The molecule has 0 spiro atoms. The molecule has 0 aliphatic rings. The molecule has 0 fully saturated rings. The molecule has 0 aliphatic carbocycles. The number of nitrogens with one attached hydrogen (secondary N) is 1. The van der Waals surface area contributed by atoms with Crippen LogP contribution >= 0.6 is 0 Å². The minimum absolute atomic E-state index is 0.0248. The summed E-state index contributed by atoms with van der Waals surface area (Å²) in [5.41, 5.74) is 10.5. The lowest BCUT2D eigenvalue weighted by atomic mass is 10.1. The highest BCUT2D eigenvalue weighted by atomic mass is 16.1. The van der Waals surface area contributed by atoms with Crippen molar-refractivity contribution in [3.8, 4) is 0 Å². The van der Waals surface area contributed by atoms with Gasteiger partial charge in [0, 0.05) is 12.1 Å². The van der Waals surface area contributed by atoms with Crippen LogP contribution in [0.3, 0.4) is 0 Å². The highest BCUT2D eigenvalue weighted by Gasteiger charge is 2.04. The van der Waals surface area contributed by atoms with Crippen LogP contribution in [0, 0.1) is 6.92 Å². The number of benzene rings is 2. The highest BCUT2D eigenvalue weighted by molar-refractivity contribution is 5.95. The van der Waals surface area contributed by atoms with Crippen LogP contribution in [0.5, 0.6) is 0 Å². The van der Waals surface area contributed by atoms with Crippen molar-refractivity contribution in [2.75, 3.05) is 11.1 Å². The Kier molecular flexibility index (Phi) is 3.85. The molecule has 0 bridgehead atoms. The molecule has 2 aromatic carbocycles. The molecule has 0 aromatic heterocycles. The van der Waals surface area contributed by atoms with Crippen molar-refractivity contribution in [2.45, 2.75) is 20.4 Å². The molecule has 0 saturated carbocycles. The third kappa shape index (κ3) is 3.35. The number of nitrogens with two attached hydrogens (primary N) is 1. The Hall–Kier alpha value is -2.29. The van der Waals surface area contributed by atoms with Crippen LogP contribution in [-0.2, 0) is 6.54 Å². The quantitative estimate of drug-likeness (QED) is 0.649. The van der Waals surface area contributed by atoms with Crippen molar-refractivity contribution >= 4 is 17.2 Å². The fourth-order valence-corrected chi connectivity index (χ4v) is 1.85. The predicted octanol–water partition coefficient (Wildman–Crippen LogP) is 3.39. The van der Waals surface area contributed by atoms with Gasteiger partial charge in [-0.3, -0.25) is 4.79 Å². The second-order valence-electron chi connectivity index (χ2n) is 4.70. The van der Waals surface area contributed by atoms with Crippen LogP contribution in [0.25, 0.3) is 0 Å². The molecule has 2 aromatic rings. The SMILES string of the molecule is CC(=O)c1ccc(NCc2ccc(C)cc2)c(N)c1. The molecule has 0 aliphatic heterocycles. The maximum Gasteiger partial charge on any atom is 0.159 e. The van der Waals surface area contributed by atoms with E-state index in [9.17, 15) is 4.79 Å². The number of aryl methyl sites for hydroxylation is 1. The Morgan fingerprint density at radius 1 is 1.16 bits per heavy atom. The molecule has 0 unspecified atom stereocenters. The number of hydrogen-bond acceptors (Lipinski definition) is 3. The van der Waals surface area contributed by atoms with Crippen molar-refractivity contribution in [1.29, 1.82) is 0 Å². The maximum atomic E-state index is 11.2. The molecule has 0 heterocycles. The summed E-state index contributed by atoms with van der Waals surface area (Å²) >= 11 is 0. The summed E-state index contributed by atoms with van der Waals surface area (Å²) in [6.07, 6.45) is 0. The fraction of sp³-hybridized carbons (Fsp3) is 0.188. The number of nitrogen functional groups attached to an aromatic ring is 1. The molecule has 19 heavy (non-hydrogen) atoms. The first-order valence-electron chi connectivity index (χ1n) is 6.26. The Balaban J connectivity index is 2.07. The van der Waals surface area contributed by atoms with Gasteiger partial charge in [-0.25, -0.2) is 0 Å². The summed E-state index contributed by atoms with van der Waals surface area (Å²) in [5.74, 6) is 0.0248. The van der Waals surface area contributed by atoms with E-state index in [0.717, 1.165) is 5.69 Å². The van der Waals surface area contributed by atoms with Gasteiger partial charge in [0.05, 0.1) is 11.4 Å². The normalized spacial score (nSPS) is 10.2. The minimum atomic E-state index is 0.0248. The van der Waals surface area contributed by atoms with Gasteiger partial charge >= 0.3 is 0 Å². The summed E-state index contributed by atoms with van der Waals surface area (Å²) in [5, 5.41) is 3.28. The number of carbonyl (C=O) groups excluding carboxylic acids is 1. The molecule has 3 nitrogen and oxygen atoms in total. The van der Waals surface area contributed by atoms with E-state index in [2.05, 4.69) is 36.5 Å². The van der Waals surface area contributed by atoms with Crippen LogP contribution in [-0.4, -0.2) is 5.78 Å². The zero-order valence-electron chi connectivity index (χ0n) is 11.2. The summed E-state index contributed by atoms with van der Waals surface area (Å²) in [4.78, 5) is 11.2. The molecule has 0 saturated heterocycles. The van der Waals surface area contributed by atoms with E-state index in [4.69, 9.17) is 5.73 Å². The van der Waals surface area contributed by atoms with Crippen LogP contribution < -0.4 is 11.1 Å². The maximum absolute atomic E-state index is 11.2. The van der Waals surface area contributed by atoms with Crippen molar-refractivity contribution in [1.82, 2.24) is 0 Å². The van der Waals surface area contributed by atoms with Gasteiger partial charge in [0.1, 0.15) is 0 Å². The lowest BCUT2D eigenvalue weighted by Crippen LogP contribution is -2.04. The molecule has 0 amide bonds. The van der Waals surface area contributed by atoms with Crippen LogP contribution in [0.2, 0.25) is 0 Å². The van der Waals surface area contributed by atoms with Gasteiger partial charge in [0.2, 0.25) is 0 Å². The number of hydrogen-bond donors (Lipinski definition) is 2. The molecule has 3 N–H and O–H groups in total. The topological polar surface area (TPSA) is 55.1 Å². The smallest absolute Gasteiger partial charge is 0.159 e. The second kappa shape index (κ2) is 5.57. The standard InChI is InChI=1S/C16H18N2O/c1-11-3-5-13(6-4-11)10-18-16-8-7-14(12(2)19)9-15(16)17/h3-9,18H,10,17H2,1-2H3. The largest absolute Gasteiger partial charge is 0.397 e. The van der Waals surface area contributed by atoms with Crippen LogP contribution in [0.4, 0.5) is 11.4 Å². The first kappa shape index (κ1) is 13.1. The number of ketones is 1. The van der Waals surface area contributed by atoms with Crippen molar-refractivity contribution in [3.05, 3.63) is 59.2 Å². The Bertz CT molecular complexity index is 588. The number of anilines is 2. The summed E-state index contributed by atoms with van der Waals surface area (Å²) in [6, 6.07) is 13.7. The zero-order valence-corrected chi connectivity index (χ0v) is 11.2. The average Bonchev–Trinajstić information content (AvgIpc) is 2.39. The van der Waals surface area contributed by atoms with E-state index in [0.29, 0.717) is 17.8 Å². The molecule has 3 heteroatoms. The zero-order chi connectivity index (χ0) is 13.8. The second-order valence-corrected chi connectivity index (χ2v) is 4.70. The van der Waals surface area contributed by atoms with Gasteiger partial charge < -0.3 is 11.1 Å². The van der Waals surface area contributed by atoms with Gasteiger partial charge in [0.25, 0.3) is 0 Å². The fourth-order valence-electron chi connectivity index (χ4n) is 1.85. The number of Topliss-reactive ketones (excluding diaryl/α,β-unsaturated/α-hetero) is 1. The summed E-state index contributed by atoms with van der Waals surface area (Å²) < 4.78 is 0. The molecular weight excluding hydrogens is 236 g/mol. The number of rotatable bonds is 4. The molecule has 98 valence electrons. The van der Waals surface area contributed by atoms with Crippen molar-refractivity contribution in [2.24, 2.45) is 0 Å². The molecular formula is C16H18N2O. The van der Waals surface area contributed by atoms with Gasteiger partial charge in [-0.1, -0.05) is 29.8 Å². The van der Waals surface area contributed by atoms with E-state index in [-0.39, 0.29) is 5.78 Å². The Morgan fingerprint density at radius 3 is 2.42 bits per heavy atom. The predicted molar refractivity (Wildman–Crippen MR) is 79.4 cm³/mol. The van der Waals surface area contributed by atoms with Crippen LogP contribution in [0.1, 0.15) is 28.4 Å².